The van der Waals surface area contributed by atoms with Gasteiger partial charge in [-0.25, -0.2) is 0 Å². The number of rotatable bonds is 6. The quantitative estimate of drug-likeness (QED) is 0.610. The lowest BCUT2D eigenvalue weighted by atomic mass is 9.93. The van der Waals surface area contributed by atoms with Crippen molar-refractivity contribution in [2.75, 3.05) is 40.4 Å². The molecule has 6 nitrogen and oxygen atoms in total. The molecule has 1 unspecified atom stereocenters. The SMILES string of the molecule is CCNC(=NCC(O)c1cc(OC)cc(OC)c1)N1CCC(C)(C)C1. The predicted molar refractivity (Wildman–Crippen MR) is 100 cm³/mol. The average molecular weight is 349 g/mol. The second-order valence-corrected chi connectivity index (χ2v) is 7.19. The van der Waals surface area contributed by atoms with Crippen molar-refractivity contribution in [2.24, 2.45) is 10.4 Å². The summed E-state index contributed by atoms with van der Waals surface area (Å²) in [4.78, 5) is 6.91. The predicted octanol–water partition coefficient (Wildman–Crippen LogP) is 2.43. The van der Waals surface area contributed by atoms with Gasteiger partial charge in [0.2, 0.25) is 0 Å². The van der Waals surface area contributed by atoms with Gasteiger partial charge in [0.05, 0.1) is 26.9 Å². The van der Waals surface area contributed by atoms with Crippen molar-refractivity contribution < 1.29 is 14.6 Å². The van der Waals surface area contributed by atoms with E-state index in [-0.39, 0.29) is 6.54 Å². The van der Waals surface area contributed by atoms with Crippen molar-refractivity contribution >= 4 is 5.96 Å². The van der Waals surface area contributed by atoms with Crippen LogP contribution in [0.5, 0.6) is 11.5 Å². The van der Waals surface area contributed by atoms with Crippen LogP contribution in [0.1, 0.15) is 38.9 Å². The highest BCUT2D eigenvalue weighted by molar-refractivity contribution is 5.80. The molecule has 1 aromatic carbocycles. The number of ether oxygens (including phenoxy) is 2. The summed E-state index contributed by atoms with van der Waals surface area (Å²) in [6.45, 7) is 9.65. The van der Waals surface area contributed by atoms with Crippen LogP contribution in [0.25, 0.3) is 0 Å². The zero-order chi connectivity index (χ0) is 18.4. The van der Waals surface area contributed by atoms with E-state index in [4.69, 9.17) is 9.47 Å². The van der Waals surface area contributed by atoms with Gasteiger partial charge in [-0.3, -0.25) is 4.99 Å². The molecule has 0 amide bonds. The molecule has 0 aromatic heterocycles. The van der Waals surface area contributed by atoms with Gasteiger partial charge in [0, 0.05) is 25.7 Å². The third-order valence-electron chi connectivity index (χ3n) is 4.48. The lowest BCUT2D eigenvalue weighted by Crippen LogP contribution is -2.41. The van der Waals surface area contributed by atoms with Gasteiger partial charge in [-0.1, -0.05) is 13.8 Å². The van der Waals surface area contributed by atoms with E-state index in [1.54, 1.807) is 20.3 Å². The standard InChI is InChI=1S/C19H31N3O3/c1-6-20-18(22-8-7-19(2,3)13-22)21-12-17(23)14-9-15(24-4)11-16(10-14)25-5/h9-11,17,23H,6-8,12-13H2,1-5H3,(H,20,21). The molecule has 0 aliphatic carbocycles. The molecule has 2 rings (SSSR count). The largest absolute Gasteiger partial charge is 0.497 e. The van der Waals surface area contributed by atoms with E-state index in [0.717, 1.165) is 37.6 Å². The number of aliphatic hydroxyl groups excluding tert-OH is 1. The molecule has 6 heteroatoms. The minimum atomic E-state index is -0.715. The molecule has 1 saturated heterocycles. The van der Waals surface area contributed by atoms with Gasteiger partial charge in [-0.15, -0.1) is 0 Å². The van der Waals surface area contributed by atoms with E-state index >= 15 is 0 Å². The first kappa shape index (κ1) is 19.4. The van der Waals surface area contributed by atoms with Gasteiger partial charge in [0.15, 0.2) is 5.96 Å². The topological polar surface area (TPSA) is 66.3 Å². The van der Waals surface area contributed by atoms with E-state index < -0.39 is 6.10 Å². The fraction of sp³-hybridized carbons (Fsp3) is 0.632. The molecular weight excluding hydrogens is 318 g/mol. The van der Waals surface area contributed by atoms with Crippen LogP contribution in [0.2, 0.25) is 0 Å². The average Bonchev–Trinajstić information content (AvgIpc) is 2.97. The molecule has 1 aliphatic rings. The van der Waals surface area contributed by atoms with Crippen LogP contribution in [0.3, 0.4) is 0 Å². The Balaban J connectivity index is 2.11. The Morgan fingerprint density at radius 2 is 1.92 bits per heavy atom. The number of nitrogens with zero attached hydrogens (tertiary/aromatic N) is 2. The normalized spacial score (nSPS) is 18.2. The number of guanidine groups is 1. The highest BCUT2D eigenvalue weighted by Crippen LogP contribution is 2.29. The van der Waals surface area contributed by atoms with E-state index in [0.29, 0.717) is 16.9 Å². The van der Waals surface area contributed by atoms with E-state index in [9.17, 15) is 5.11 Å². The number of aliphatic imine (C=N–C) groups is 1. The molecule has 0 radical (unpaired) electrons. The van der Waals surface area contributed by atoms with Crippen LogP contribution < -0.4 is 14.8 Å². The van der Waals surface area contributed by atoms with Gasteiger partial charge in [0.1, 0.15) is 11.5 Å². The molecular formula is C19H31N3O3. The summed E-state index contributed by atoms with van der Waals surface area (Å²) >= 11 is 0. The highest BCUT2D eigenvalue weighted by atomic mass is 16.5. The molecule has 140 valence electrons. The maximum absolute atomic E-state index is 10.6. The molecule has 0 saturated carbocycles. The second kappa shape index (κ2) is 8.43. The first-order valence-corrected chi connectivity index (χ1v) is 8.83. The van der Waals surface area contributed by atoms with Crippen molar-refractivity contribution in [3.63, 3.8) is 0 Å². The van der Waals surface area contributed by atoms with Gasteiger partial charge in [0.25, 0.3) is 0 Å². The van der Waals surface area contributed by atoms with Crippen molar-refractivity contribution in [3.05, 3.63) is 23.8 Å². The molecule has 1 atom stereocenters. The molecule has 1 fully saturated rings. The lowest BCUT2D eigenvalue weighted by molar-refractivity contribution is 0.185. The van der Waals surface area contributed by atoms with Crippen LogP contribution in [-0.2, 0) is 0 Å². The van der Waals surface area contributed by atoms with E-state index in [1.807, 2.05) is 12.1 Å². The zero-order valence-electron chi connectivity index (χ0n) is 16.0. The number of likely N-dealkylation sites (tertiary alicyclic amines) is 1. The molecule has 1 aliphatic heterocycles. The Morgan fingerprint density at radius 3 is 2.40 bits per heavy atom. The van der Waals surface area contributed by atoms with Crippen LogP contribution in [0.4, 0.5) is 0 Å². The highest BCUT2D eigenvalue weighted by Gasteiger charge is 2.30. The molecule has 25 heavy (non-hydrogen) atoms. The third kappa shape index (κ3) is 5.26. The van der Waals surface area contributed by atoms with E-state index in [1.165, 1.54) is 0 Å². The Hall–Kier alpha value is -1.95. The Bertz CT molecular complexity index is 579. The number of aliphatic hydroxyl groups is 1. The molecule has 2 N–H and O–H groups in total. The fourth-order valence-electron chi connectivity index (χ4n) is 3.02. The Morgan fingerprint density at radius 1 is 1.28 bits per heavy atom. The van der Waals surface area contributed by atoms with Crippen LogP contribution in [0, 0.1) is 5.41 Å². The number of hydrogen-bond acceptors (Lipinski definition) is 4. The second-order valence-electron chi connectivity index (χ2n) is 7.19. The lowest BCUT2D eigenvalue weighted by Gasteiger charge is -2.24. The van der Waals surface area contributed by atoms with Crippen LogP contribution >= 0.6 is 0 Å². The first-order valence-electron chi connectivity index (χ1n) is 8.83. The Labute approximate surface area is 150 Å². The van der Waals surface area contributed by atoms with Crippen molar-refractivity contribution in [3.8, 4) is 11.5 Å². The van der Waals surface area contributed by atoms with Crippen LogP contribution in [0.15, 0.2) is 23.2 Å². The van der Waals surface area contributed by atoms with Crippen LogP contribution in [-0.4, -0.2) is 56.4 Å². The monoisotopic (exact) mass is 349 g/mol. The summed E-state index contributed by atoms with van der Waals surface area (Å²) in [7, 11) is 3.20. The summed E-state index contributed by atoms with van der Waals surface area (Å²) in [5.41, 5.74) is 1.03. The number of nitrogens with one attached hydrogen (secondary N) is 1. The van der Waals surface area contributed by atoms with E-state index in [2.05, 4.69) is 36.0 Å². The molecule has 0 spiro atoms. The summed E-state index contributed by atoms with van der Waals surface area (Å²) in [6.07, 6.45) is 0.431. The number of benzene rings is 1. The summed E-state index contributed by atoms with van der Waals surface area (Å²) in [5, 5.41) is 13.9. The summed E-state index contributed by atoms with van der Waals surface area (Å²) in [6, 6.07) is 5.42. The van der Waals surface area contributed by atoms with Gasteiger partial charge < -0.3 is 24.8 Å². The molecule has 0 bridgehead atoms. The van der Waals surface area contributed by atoms with Crippen molar-refractivity contribution in [2.45, 2.75) is 33.3 Å². The molecule has 1 aromatic rings. The fourth-order valence-corrected chi connectivity index (χ4v) is 3.02. The smallest absolute Gasteiger partial charge is 0.194 e. The molecule has 1 heterocycles. The minimum absolute atomic E-state index is 0.287. The van der Waals surface area contributed by atoms with Gasteiger partial charge in [-0.05, 0) is 36.5 Å². The zero-order valence-corrected chi connectivity index (χ0v) is 16.0. The first-order chi connectivity index (χ1) is 11.9. The van der Waals surface area contributed by atoms with Crippen molar-refractivity contribution in [1.82, 2.24) is 10.2 Å². The van der Waals surface area contributed by atoms with Gasteiger partial charge >= 0.3 is 0 Å². The van der Waals surface area contributed by atoms with Crippen molar-refractivity contribution in [1.29, 1.82) is 0 Å². The Kier molecular flexibility index (Phi) is 6.53. The third-order valence-corrected chi connectivity index (χ3v) is 4.48. The summed E-state index contributed by atoms with van der Waals surface area (Å²) in [5.74, 6) is 2.18. The number of hydrogen-bond donors (Lipinski definition) is 2. The maximum Gasteiger partial charge on any atom is 0.194 e. The minimum Gasteiger partial charge on any atom is -0.497 e. The summed E-state index contributed by atoms with van der Waals surface area (Å²) < 4.78 is 10.5. The van der Waals surface area contributed by atoms with Gasteiger partial charge in [-0.2, -0.15) is 0 Å². The maximum atomic E-state index is 10.6. The number of methoxy groups -OCH3 is 2.